The van der Waals surface area contributed by atoms with Crippen LogP contribution in [-0.4, -0.2) is 24.7 Å². The van der Waals surface area contributed by atoms with Crippen molar-refractivity contribution in [2.45, 2.75) is 32.6 Å². The number of hydrogen-bond donors (Lipinski definition) is 1. The van der Waals surface area contributed by atoms with Crippen LogP contribution in [0.4, 0.5) is 5.69 Å². The van der Waals surface area contributed by atoms with Gasteiger partial charge in [-0.05, 0) is 44.2 Å². The summed E-state index contributed by atoms with van der Waals surface area (Å²) in [7, 11) is 1.67. The van der Waals surface area contributed by atoms with Gasteiger partial charge in [-0.15, -0.1) is 11.3 Å². The van der Waals surface area contributed by atoms with Crippen LogP contribution < -0.4 is 10.5 Å². The molecule has 1 aliphatic carbocycles. The van der Waals surface area contributed by atoms with Gasteiger partial charge in [0.1, 0.15) is 15.5 Å². The first kappa shape index (κ1) is 17.8. The Bertz CT molecular complexity index is 1030. The maximum absolute atomic E-state index is 12.4. The van der Waals surface area contributed by atoms with Gasteiger partial charge in [0.25, 0.3) is 0 Å². The monoisotopic (exact) mass is 382 g/mol. The number of nitrogens with two attached hydrogens (primary N) is 1. The van der Waals surface area contributed by atoms with E-state index in [4.69, 9.17) is 20.2 Å². The van der Waals surface area contributed by atoms with Crippen LogP contribution in [0.3, 0.4) is 0 Å². The molecule has 0 saturated carbocycles. The fraction of sp³-hybridized carbons (Fsp3) is 0.333. The molecule has 5 nitrogen and oxygen atoms in total. The molecule has 0 amide bonds. The number of hydrogen-bond acceptors (Lipinski definition) is 6. The van der Waals surface area contributed by atoms with E-state index in [0.717, 1.165) is 58.5 Å². The van der Waals surface area contributed by atoms with Crippen LogP contribution in [0, 0.1) is 0 Å². The van der Waals surface area contributed by atoms with Gasteiger partial charge in [0.15, 0.2) is 0 Å². The third-order valence-electron chi connectivity index (χ3n) is 4.99. The predicted molar refractivity (Wildman–Crippen MR) is 109 cm³/mol. The first-order chi connectivity index (χ1) is 13.2. The average molecular weight is 382 g/mol. The van der Waals surface area contributed by atoms with Crippen molar-refractivity contribution in [3.63, 3.8) is 0 Å². The van der Waals surface area contributed by atoms with Gasteiger partial charge in [0.2, 0.25) is 0 Å². The van der Waals surface area contributed by atoms with Crippen LogP contribution >= 0.6 is 11.3 Å². The molecule has 27 heavy (non-hydrogen) atoms. The number of thiophene rings is 1. The number of benzene rings is 1. The molecule has 0 saturated heterocycles. The lowest BCUT2D eigenvalue weighted by atomic mass is 9.87. The lowest BCUT2D eigenvalue weighted by molar-refractivity contribution is 0.0533. The van der Waals surface area contributed by atoms with Gasteiger partial charge in [-0.2, -0.15) is 0 Å². The van der Waals surface area contributed by atoms with Crippen LogP contribution in [0.5, 0.6) is 5.75 Å². The lowest BCUT2D eigenvalue weighted by Gasteiger charge is -2.21. The largest absolute Gasteiger partial charge is 0.496 e. The van der Waals surface area contributed by atoms with E-state index in [0.29, 0.717) is 17.2 Å². The Labute approximate surface area is 162 Å². The summed E-state index contributed by atoms with van der Waals surface area (Å²) in [6.45, 7) is 2.11. The third-order valence-corrected chi connectivity index (χ3v) is 6.07. The van der Waals surface area contributed by atoms with Crippen molar-refractivity contribution in [3.8, 4) is 16.9 Å². The van der Waals surface area contributed by atoms with E-state index in [1.165, 1.54) is 16.9 Å². The molecule has 1 aromatic carbocycles. The molecule has 3 aromatic rings. The first-order valence-corrected chi connectivity index (χ1v) is 10.0. The quantitative estimate of drug-likeness (QED) is 0.667. The van der Waals surface area contributed by atoms with Crippen molar-refractivity contribution < 1.29 is 14.3 Å². The van der Waals surface area contributed by atoms with Gasteiger partial charge in [0, 0.05) is 22.2 Å². The molecule has 2 heterocycles. The van der Waals surface area contributed by atoms with Crippen molar-refractivity contribution in [1.29, 1.82) is 0 Å². The van der Waals surface area contributed by atoms with Crippen molar-refractivity contribution in [1.82, 2.24) is 4.98 Å². The lowest BCUT2D eigenvalue weighted by Crippen LogP contribution is -2.08. The Morgan fingerprint density at radius 3 is 2.81 bits per heavy atom. The second kappa shape index (κ2) is 7.19. The summed E-state index contributed by atoms with van der Waals surface area (Å²) in [6.07, 6.45) is 4.15. The Morgan fingerprint density at radius 1 is 1.26 bits per heavy atom. The number of carbonyl (C=O) groups is 1. The molecule has 0 radical (unpaired) electrons. The van der Waals surface area contributed by atoms with Gasteiger partial charge in [0.05, 0.1) is 19.4 Å². The zero-order valence-electron chi connectivity index (χ0n) is 15.5. The Hall–Kier alpha value is -2.60. The molecular formula is C21H22N2O3S. The molecule has 6 heteroatoms. The minimum Gasteiger partial charge on any atom is -0.496 e. The van der Waals surface area contributed by atoms with Crippen molar-refractivity contribution in [2.24, 2.45) is 0 Å². The molecule has 0 bridgehead atoms. The summed E-state index contributed by atoms with van der Waals surface area (Å²) < 4.78 is 10.8. The highest BCUT2D eigenvalue weighted by Gasteiger charge is 2.27. The summed E-state index contributed by atoms with van der Waals surface area (Å²) in [4.78, 5) is 18.5. The number of fused-ring (bicyclic) bond motifs is 2. The number of esters is 1. The molecule has 2 aromatic heterocycles. The normalized spacial score (nSPS) is 13.4. The number of aromatic nitrogens is 1. The molecule has 2 N–H and O–H groups in total. The highest BCUT2D eigenvalue weighted by molar-refractivity contribution is 7.21. The molecule has 4 rings (SSSR count). The molecule has 0 atom stereocenters. The van der Waals surface area contributed by atoms with Crippen LogP contribution in [0.2, 0.25) is 0 Å². The maximum atomic E-state index is 12.4. The van der Waals surface area contributed by atoms with Crippen LogP contribution in [-0.2, 0) is 17.6 Å². The summed E-state index contributed by atoms with van der Waals surface area (Å²) in [6, 6.07) is 7.94. The minimum atomic E-state index is -0.387. The number of anilines is 1. The van der Waals surface area contributed by atoms with Gasteiger partial charge >= 0.3 is 5.97 Å². The number of methoxy groups -OCH3 is 1. The zero-order valence-corrected chi connectivity index (χ0v) is 16.3. The van der Waals surface area contributed by atoms with Crippen molar-refractivity contribution in [3.05, 3.63) is 40.4 Å². The number of aryl methyl sites for hydroxylation is 1. The summed E-state index contributed by atoms with van der Waals surface area (Å²) in [5, 5.41) is 0.841. The smallest absolute Gasteiger partial charge is 0.350 e. The van der Waals surface area contributed by atoms with E-state index in [2.05, 4.69) is 0 Å². The highest BCUT2D eigenvalue weighted by atomic mass is 32.1. The molecule has 140 valence electrons. The number of ether oxygens (including phenoxy) is 2. The van der Waals surface area contributed by atoms with Crippen LogP contribution in [0.1, 0.15) is 40.7 Å². The summed E-state index contributed by atoms with van der Waals surface area (Å²) in [5.41, 5.74) is 11.3. The van der Waals surface area contributed by atoms with E-state index in [1.807, 2.05) is 24.3 Å². The Balaban J connectivity index is 2.07. The number of rotatable bonds is 4. The standard InChI is InChI=1S/C21H22N2O3S/c1-3-26-21(24)19-18(22)17-16(13-9-5-7-11-15(13)25-2)12-8-4-6-10-14(12)23-20(17)27-19/h5,7,9,11H,3-4,6,8,10,22H2,1-2H3. The number of carbonyl (C=O) groups excluding carboxylic acids is 1. The highest BCUT2D eigenvalue weighted by Crippen LogP contribution is 2.46. The number of nitrogen functional groups attached to an aromatic ring is 1. The minimum absolute atomic E-state index is 0.315. The molecule has 0 spiro atoms. The number of para-hydroxylation sites is 1. The fourth-order valence-electron chi connectivity index (χ4n) is 3.80. The molecule has 0 fully saturated rings. The number of pyridine rings is 1. The molecule has 0 unspecified atom stereocenters. The van der Waals surface area contributed by atoms with Gasteiger partial charge < -0.3 is 15.2 Å². The Kier molecular flexibility index (Phi) is 4.74. The average Bonchev–Trinajstić information content (AvgIpc) is 3.02. The van der Waals surface area contributed by atoms with Crippen molar-refractivity contribution >= 4 is 33.2 Å². The van der Waals surface area contributed by atoms with E-state index >= 15 is 0 Å². The zero-order chi connectivity index (χ0) is 19.0. The van der Waals surface area contributed by atoms with Crippen LogP contribution in [0.25, 0.3) is 21.3 Å². The molecular weight excluding hydrogens is 360 g/mol. The fourth-order valence-corrected chi connectivity index (χ4v) is 4.82. The van der Waals surface area contributed by atoms with Crippen molar-refractivity contribution in [2.75, 3.05) is 19.5 Å². The third kappa shape index (κ3) is 2.94. The van der Waals surface area contributed by atoms with Gasteiger partial charge in [-0.1, -0.05) is 18.2 Å². The van der Waals surface area contributed by atoms with E-state index in [9.17, 15) is 4.79 Å². The second-order valence-electron chi connectivity index (χ2n) is 6.56. The second-order valence-corrected chi connectivity index (χ2v) is 7.56. The Morgan fingerprint density at radius 2 is 2.04 bits per heavy atom. The summed E-state index contributed by atoms with van der Waals surface area (Å²) >= 11 is 1.32. The molecule has 1 aliphatic rings. The van der Waals surface area contributed by atoms with Gasteiger partial charge in [-0.3, -0.25) is 0 Å². The topological polar surface area (TPSA) is 74.4 Å². The van der Waals surface area contributed by atoms with Gasteiger partial charge in [-0.25, -0.2) is 9.78 Å². The summed E-state index contributed by atoms with van der Waals surface area (Å²) in [5.74, 6) is 0.406. The first-order valence-electron chi connectivity index (χ1n) is 9.19. The van der Waals surface area contributed by atoms with E-state index in [-0.39, 0.29) is 5.97 Å². The predicted octanol–water partition coefficient (Wildman–Crippen LogP) is 4.61. The van der Waals surface area contributed by atoms with Crippen LogP contribution in [0.15, 0.2) is 24.3 Å². The number of nitrogens with zero attached hydrogens (tertiary/aromatic N) is 1. The van der Waals surface area contributed by atoms with E-state index < -0.39 is 0 Å². The van der Waals surface area contributed by atoms with E-state index in [1.54, 1.807) is 14.0 Å². The SMILES string of the molecule is CCOC(=O)c1sc2nc3c(c(-c4ccccc4OC)c2c1N)CCCC3. The molecule has 0 aliphatic heterocycles. The maximum Gasteiger partial charge on any atom is 0.350 e.